The molecule has 24 heavy (non-hydrogen) atoms. The fourth-order valence-corrected chi connectivity index (χ4v) is 3.68. The van der Waals surface area contributed by atoms with Crippen LogP contribution in [-0.2, 0) is 4.79 Å². The van der Waals surface area contributed by atoms with Gasteiger partial charge in [0.25, 0.3) is 0 Å². The van der Waals surface area contributed by atoms with Crippen molar-refractivity contribution < 1.29 is 4.79 Å². The molecule has 0 amide bonds. The highest BCUT2D eigenvalue weighted by atomic mass is 16.1. The fraction of sp³-hybridized carbons (Fsp3) is 0.238. The molecular formula is C21H18N2O. The molecular weight excluding hydrogens is 296 g/mol. The van der Waals surface area contributed by atoms with Crippen LogP contribution in [0.3, 0.4) is 0 Å². The minimum atomic E-state index is -0.144. The van der Waals surface area contributed by atoms with Crippen LogP contribution >= 0.6 is 0 Å². The zero-order valence-electron chi connectivity index (χ0n) is 13.5. The molecule has 0 spiro atoms. The lowest BCUT2D eigenvalue weighted by atomic mass is 9.96. The van der Waals surface area contributed by atoms with E-state index in [1.807, 2.05) is 48.5 Å². The van der Waals surface area contributed by atoms with Gasteiger partial charge in [0.2, 0.25) is 5.78 Å². The molecule has 3 heteroatoms. The normalized spacial score (nSPS) is 18.0. The van der Waals surface area contributed by atoms with Crippen LogP contribution in [0.5, 0.6) is 0 Å². The number of nitriles is 1. The number of hydrogen-bond donors (Lipinski definition) is 0. The van der Waals surface area contributed by atoms with Crippen molar-refractivity contribution in [2.45, 2.75) is 19.3 Å². The summed E-state index contributed by atoms with van der Waals surface area (Å²) in [5.74, 6) is -0.144. The number of allylic oxidation sites excluding steroid dienone is 3. The van der Waals surface area contributed by atoms with Gasteiger partial charge in [0.15, 0.2) is 0 Å². The van der Waals surface area contributed by atoms with Crippen LogP contribution in [0.1, 0.15) is 24.8 Å². The third-order valence-electron chi connectivity index (χ3n) is 4.90. The van der Waals surface area contributed by atoms with Crippen LogP contribution < -0.4 is 0 Å². The number of fused-ring (bicyclic) bond motifs is 1. The summed E-state index contributed by atoms with van der Waals surface area (Å²) in [6.45, 7) is 1.85. The molecule has 4 rings (SSSR count). The second kappa shape index (κ2) is 5.98. The van der Waals surface area contributed by atoms with Crippen molar-refractivity contribution in [1.82, 2.24) is 4.90 Å². The highest BCUT2D eigenvalue weighted by molar-refractivity contribution is 6.35. The molecule has 0 unspecified atom stereocenters. The molecule has 2 aliphatic rings. The van der Waals surface area contributed by atoms with Crippen molar-refractivity contribution >= 4 is 22.1 Å². The molecule has 0 saturated carbocycles. The average molecular weight is 314 g/mol. The van der Waals surface area contributed by atoms with Crippen LogP contribution in [0.2, 0.25) is 0 Å². The van der Waals surface area contributed by atoms with Crippen LogP contribution in [0.4, 0.5) is 0 Å². The zero-order chi connectivity index (χ0) is 16.5. The molecule has 0 atom stereocenters. The fourth-order valence-electron chi connectivity index (χ4n) is 3.68. The SMILES string of the molecule is N#CC1=C(N2CCCCC2)C=C(c2cccc3ccccc23)C1=O. The van der Waals surface area contributed by atoms with Gasteiger partial charge in [-0.3, -0.25) is 4.79 Å². The van der Waals surface area contributed by atoms with Crippen LogP contribution in [0, 0.1) is 11.3 Å². The van der Waals surface area contributed by atoms with E-state index in [9.17, 15) is 10.1 Å². The third-order valence-corrected chi connectivity index (χ3v) is 4.90. The van der Waals surface area contributed by atoms with E-state index < -0.39 is 0 Å². The van der Waals surface area contributed by atoms with E-state index in [1.54, 1.807) is 0 Å². The highest BCUT2D eigenvalue weighted by Crippen LogP contribution is 2.35. The molecule has 0 radical (unpaired) electrons. The van der Waals surface area contributed by atoms with Gasteiger partial charge in [0.05, 0.1) is 5.70 Å². The molecule has 2 aromatic rings. The monoisotopic (exact) mass is 314 g/mol. The number of benzene rings is 2. The van der Waals surface area contributed by atoms with Crippen molar-refractivity contribution in [3.63, 3.8) is 0 Å². The topological polar surface area (TPSA) is 44.1 Å². The molecule has 0 aromatic heterocycles. The summed E-state index contributed by atoms with van der Waals surface area (Å²) in [7, 11) is 0. The molecule has 118 valence electrons. The number of Topliss-reactive ketones (excluding diaryl/α,β-unsaturated/α-hetero) is 1. The van der Waals surface area contributed by atoms with Crippen molar-refractivity contribution in [2.24, 2.45) is 0 Å². The second-order valence-electron chi connectivity index (χ2n) is 6.33. The Kier molecular flexibility index (Phi) is 3.66. The summed E-state index contributed by atoms with van der Waals surface area (Å²) in [5.41, 5.74) is 2.66. The van der Waals surface area contributed by atoms with Gasteiger partial charge in [-0.2, -0.15) is 5.26 Å². The third kappa shape index (κ3) is 2.32. The van der Waals surface area contributed by atoms with E-state index in [2.05, 4.69) is 11.0 Å². The van der Waals surface area contributed by atoms with Crippen molar-refractivity contribution in [3.05, 3.63) is 65.4 Å². The van der Waals surface area contributed by atoms with Gasteiger partial charge >= 0.3 is 0 Å². The maximum atomic E-state index is 12.9. The molecule has 1 aliphatic carbocycles. The molecule has 1 heterocycles. The van der Waals surface area contributed by atoms with Crippen molar-refractivity contribution in [1.29, 1.82) is 5.26 Å². The van der Waals surface area contributed by atoms with Crippen LogP contribution in [0.25, 0.3) is 16.3 Å². The molecule has 3 nitrogen and oxygen atoms in total. The Morgan fingerprint density at radius 1 is 0.958 bits per heavy atom. The summed E-state index contributed by atoms with van der Waals surface area (Å²) in [6.07, 6.45) is 5.38. The number of carbonyl (C=O) groups is 1. The minimum absolute atomic E-state index is 0.144. The van der Waals surface area contributed by atoms with Crippen molar-refractivity contribution in [2.75, 3.05) is 13.1 Å². The Balaban J connectivity index is 1.82. The number of ketones is 1. The summed E-state index contributed by atoms with van der Waals surface area (Å²) in [4.78, 5) is 15.1. The minimum Gasteiger partial charge on any atom is -0.370 e. The Labute approximate surface area is 141 Å². The lowest BCUT2D eigenvalue weighted by Gasteiger charge is -2.29. The summed E-state index contributed by atoms with van der Waals surface area (Å²) in [6, 6.07) is 16.2. The Morgan fingerprint density at radius 2 is 1.71 bits per heavy atom. The van der Waals surface area contributed by atoms with Crippen LogP contribution in [-0.4, -0.2) is 23.8 Å². The number of rotatable bonds is 2. The van der Waals surface area contributed by atoms with E-state index in [-0.39, 0.29) is 5.78 Å². The Hall–Kier alpha value is -2.86. The number of piperidine rings is 1. The van der Waals surface area contributed by atoms with Crippen molar-refractivity contribution in [3.8, 4) is 6.07 Å². The maximum absolute atomic E-state index is 12.9. The van der Waals surface area contributed by atoms with Gasteiger partial charge in [0.1, 0.15) is 11.6 Å². The van der Waals surface area contributed by atoms with Gasteiger partial charge in [-0.1, -0.05) is 42.5 Å². The van der Waals surface area contributed by atoms with Gasteiger partial charge in [0, 0.05) is 18.7 Å². The molecule has 0 bridgehead atoms. The highest BCUT2D eigenvalue weighted by Gasteiger charge is 2.30. The predicted octanol–water partition coefficient (Wildman–Crippen LogP) is 4.07. The first-order chi connectivity index (χ1) is 11.8. The van der Waals surface area contributed by atoms with Gasteiger partial charge < -0.3 is 4.90 Å². The quantitative estimate of drug-likeness (QED) is 0.839. The smallest absolute Gasteiger partial charge is 0.206 e. The molecule has 2 aromatic carbocycles. The van der Waals surface area contributed by atoms with E-state index >= 15 is 0 Å². The number of nitrogens with zero attached hydrogens (tertiary/aromatic N) is 2. The number of likely N-dealkylation sites (tertiary alicyclic amines) is 1. The van der Waals surface area contributed by atoms with E-state index in [1.165, 1.54) is 6.42 Å². The Bertz CT molecular complexity index is 919. The molecule has 0 N–H and O–H groups in total. The molecule has 1 saturated heterocycles. The van der Waals surface area contributed by atoms with E-state index in [4.69, 9.17) is 0 Å². The van der Waals surface area contributed by atoms with Gasteiger partial charge in [-0.25, -0.2) is 0 Å². The largest absolute Gasteiger partial charge is 0.370 e. The first-order valence-electron chi connectivity index (χ1n) is 8.43. The average Bonchev–Trinajstić information content (AvgIpc) is 2.98. The Morgan fingerprint density at radius 3 is 2.50 bits per heavy atom. The lowest BCUT2D eigenvalue weighted by Crippen LogP contribution is -2.28. The number of carbonyl (C=O) groups excluding carboxylic acids is 1. The van der Waals surface area contributed by atoms with Gasteiger partial charge in [-0.05, 0) is 41.7 Å². The summed E-state index contributed by atoms with van der Waals surface area (Å²) in [5, 5.41) is 11.7. The maximum Gasteiger partial charge on any atom is 0.206 e. The van der Waals surface area contributed by atoms with Crippen LogP contribution in [0.15, 0.2) is 59.8 Å². The lowest BCUT2D eigenvalue weighted by molar-refractivity contribution is -0.110. The van der Waals surface area contributed by atoms with E-state index in [0.29, 0.717) is 11.1 Å². The first-order valence-corrected chi connectivity index (χ1v) is 8.43. The standard InChI is InChI=1S/C21H18N2O/c22-14-19-20(23-11-4-1-5-12-23)13-18(21(19)24)17-10-6-8-15-7-2-3-9-16(15)17/h2-3,6-10,13H,1,4-5,11-12H2. The second-order valence-corrected chi connectivity index (χ2v) is 6.33. The molecule has 1 fully saturated rings. The first kappa shape index (κ1) is 14.7. The zero-order valence-corrected chi connectivity index (χ0v) is 13.5. The van der Waals surface area contributed by atoms with Gasteiger partial charge in [-0.15, -0.1) is 0 Å². The number of hydrogen-bond acceptors (Lipinski definition) is 3. The summed E-state index contributed by atoms with van der Waals surface area (Å²) < 4.78 is 0. The predicted molar refractivity (Wildman–Crippen MR) is 95.0 cm³/mol. The molecule has 1 aliphatic heterocycles. The summed E-state index contributed by atoms with van der Waals surface area (Å²) >= 11 is 0. The van der Waals surface area contributed by atoms with E-state index in [0.717, 1.165) is 48.0 Å².